The quantitative estimate of drug-likeness (QED) is 0.604. The Hall–Kier alpha value is -3.32. The van der Waals surface area contributed by atoms with Crippen LogP contribution in [0.5, 0.6) is 0 Å². The molecule has 0 radical (unpaired) electrons. The van der Waals surface area contributed by atoms with E-state index in [2.05, 4.69) is 22.1 Å². The molecule has 2 aliphatic rings. The van der Waals surface area contributed by atoms with E-state index >= 15 is 0 Å². The van der Waals surface area contributed by atoms with Gasteiger partial charge in [0.15, 0.2) is 0 Å². The zero-order valence-corrected chi connectivity index (χ0v) is 17.9. The number of anilines is 1. The first-order chi connectivity index (χ1) is 15.0. The van der Waals surface area contributed by atoms with Crippen LogP contribution in [0.4, 0.5) is 5.69 Å². The summed E-state index contributed by atoms with van der Waals surface area (Å²) in [6.45, 7) is 7.56. The van der Waals surface area contributed by atoms with Crippen LogP contribution in [0.25, 0.3) is 22.0 Å². The lowest BCUT2D eigenvalue weighted by Crippen LogP contribution is -2.57. The Balaban J connectivity index is 1.56. The molecule has 0 aliphatic carbocycles. The molecular weight excluding hydrogens is 414 g/mol. The van der Waals surface area contributed by atoms with Gasteiger partial charge in [0, 0.05) is 37.1 Å². The molecule has 1 atom stereocenters. The highest BCUT2D eigenvalue weighted by atomic mass is 35.5. The molecule has 158 valence electrons. The van der Waals surface area contributed by atoms with Crippen molar-refractivity contribution < 1.29 is 9.59 Å². The maximum Gasteiger partial charge on any atom is 0.256 e. The number of halogens is 1. The molecule has 2 N–H and O–H groups in total. The Morgan fingerprint density at radius 1 is 1.26 bits per heavy atom. The van der Waals surface area contributed by atoms with Gasteiger partial charge in [-0.25, -0.2) is 0 Å². The fourth-order valence-corrected chi connectivity index (χ4v) is 4.93. The number of hydrogen-bond donors (Lipinski definition) is 2. The molecule has 1 saturated heterocycles. The monoisotopic (exact) mass is 435 g/mol. The van der Waals surface area contributed by atoms with E-state index in [-0.39, 0.29) is 17.9 Å². The van der Waals surface area contributed by atoms with Gasteiger partial charge in [0.1, 0.15) is 0 Å². The lowest BCUT2D eigenvalue weighted by Gasteiger charge is -2.40. The van der Waals surface area contributed by atoms with Crippen molar-refractivity contribution in [3.63, 3.8) is 0 Å². The third-order valence-corrected chi connectivity index (χ3v) is 6.61. The average molecular weight is 436 g/mol. The van der Waals surface area contributed by atoms with E-state index in [0.717, 1.165) is 27.6 Å². The lowest BCUT2D eigenvalue weighted by molar-refractivity contribution is -0.128. The summed E-state index contributed by atoms with van der Waals surface area (Å²) in [5.74, 6) is -0.180. The van der Waals surface area contributed by atoms with Gasteiger partial charge in [-0.05, 0) is 36.3 Å². The number of aromatic amines is 1. The SMILES string of the molecule is C=CC(=O)N1CCN2C(=O)c3ccc(-c4c(C)ccc5[nH]ncc45)c(Cl)c3NC[C@H]2C1. The zero-order valence-electron chi connectivity index (χ0n) is 17.1. The lowest BCUT2D eigenvalue weighted by atomic mass is 9.95. The van der Waals surface area contributed by atoms with Crippen LogP contribution < -0.4 is 5.32 Å². The minimum Gasteiger partial charge on any atom is -0.381 e. The van der Waals surface area contributed by atoms with Gasteiger partial charge in [0.05, 0.1) is 34.0 Å². The van der Waals surface area contributed by atoms with Gasteiger partial charge in [-0.3, -0.25) is 14.7 Å². The number of fused-ring (bicyclic) bond motifs is 3. The van der Waals surface area contributed by atoms with E-state index in [1.165, 1.54) is 6.08 Å². The Morgan fingerprint density at radius 2 is 2.06 bits per heavy atom. The average Bonchev–Trinajstić information content (AvgIpc) is 3.20. The maximum atomic E-state index is 13.3. The van der Waals surface area contributed by atoms with Crippen molar-refractivity contribution in [3.05, 3.63) is 59.3 Å². The van der Waals surface area contributed by atoms with Gasteiger partial charge < -0.3 is 15.1 Å². The second-order valence-electron chi connectivity index (χ2n) is 7.96. The number of hydrogen-bond acceptors (Lipinski definition) is 4. The Bertz CT molecular complexity index is 1230. The van der Waals surface area contributed by atoms with E-state index in [1.807, 2.05) is 36.1 Å². The van der Waals surface area contributed by atoms with Crippen LogP contribution in [-0.2, 0) is 4.79 Å². The Labute approximate surface area is 184 Å². The van der Waals surface area contributed by atoms with Crippen LogP contribution in [0.15, 0.2) is 43.1 Å². The third-order valence-electron chi connectivity index (χ3n) is 6.22. The number of aromatic nitrogens is 2. The highest BCUT2D eigenvalue weighted by molar-refractivity contribution is 6.37. The molecule has 0 saturated carbocycles. The summed E-state index contributed by atoms with van der Waals surface area (Å²) < 4.78 is 0. The molecule has 0 bridgehead atoms. The largest absolute Gasteiger partial charge is 0.381 e. The number of aryl methyl sites for hydroxylation is 1. The zero-order chi connectivity index (χ0) is 21.7. The summed E-state index contributed by atoms with van der Waals surface area (Å²) in [5, 5.41) is 12.1. The number of amides is 2. The summed E-state index contributed by atoms with van der Waals surface area (Å²) in [4.78, 5) is 29.0. The maximum absolute atomic E-state index is 13.3. The van der Waals surface area contributed by atoms with E-state index in [9.17, 15) is 9.59 Å². The number of benzene rings is 2. The highest BCUT2D eigenvalue weighted by Crippen LogP contribution is 2.41. The summed E-state index contributed by atoms with van der Waals surface area (Å²) in [5.41, 5.74) is 5.05. The van der Waals surface area contributed by atoms with Crippen LogP contribution in [0.3, 0.4) is 0 Å². The van der Waals surface area contributed by atoms with E-state index < -0.39 is 0 Å². The molecule has 3 aromatic rings. The number of carbonyl (C=O) groups excluding carboxylic acids is 2. The summed E-state index contributed by atoms with van der Waals surface area (Å²) in [6, 6.07) is 7.65. The van der Waals surface area contributed by atoms with Gasteiger partial charge in [-0.1, -0.05) is 30.3 Å². The second-order valence-corrected chi connectivity index (χ2v) is 8.34. The summed E-state index contributed by atoms with van der Waals surface area (Å²) in [6.07, 6.45) is 3.11. The van der Waals surface area contributed by atoms with Crippen LogP contribution in [-0.4, -0.2) is 64.0 Å². The molecule has 1 aromatic heterocycles. The normalized spacial score (nSPS) is 18.3. The summed E-state index contributed by atoms with van der Waals surface area (Å²) in [7, 11) is 0. The Morgan fingerprint density at radius 3 is 2.87 bits per heavy atom. The van der Waals surface area contributed by atoms with Crippen LogP contribution in [0, 0.1) is 6.92 Å². The number of piperazine rings is 1. The van der Waals surface area contributed by atoms with Crippen molar-refractivity contribution in [3.8, 4) is 11.1 Å². The molecule has 0 unspecified atom stereocenters. The van der Waals surface area contributed by atoms with E-state index in [1.54, 1.807) is 11.1 Å². The molecule has 2 aliphatic heterocycles. The predicted octanol–water partition coefficient (Wildman–Crippen LogP) is 3.46. The van der Waals surface area contributed by atoms with Gasteiger partial charge in [-0.2, -0.15) is 5.10 Å². The first kappa shape index (κ1) is 19.6. The van der Waals surface area contributed by atoms with Gasteiger partial charge in [0.25, 0.3) is 5.91 Å². The fourth-order valence-electron chi connectivity index (χ4n) is 4.61. The topological polar surface area (TPSA) is 81.3 Å². The number of nitrogens with zero attached hydrogens (tertiary/aromatic N) is 3. The van der Waals surface area contributed by atoms with Crippen LogP contribution >= 0.6 is 11.6 Å². The van der Waals surface area contributed by atoms with Crippen LogP contribution in [0.1, 0.15) is 15.9 Å². The molecule has 0 spiro atoms. The number of carbonyl (C=O) groups is 2. The van der Waals surface area contributed by atoms with Crippen molar-refractivity contribution in [2.24, 2.45) is 0 Å². The number of nitrogens with one attached hydrogen (secondary N) is 2. The molecule has 3 heterocycles. The standard InChI is InChI=1S/C23H22ClN5O2/c1-3-19(30)28-8-9-29-14(12-28)10-25-22-16(23(29)31)6-5-15(21(22)24)20-13(2)4-7-18-17(20)11-26-27-18/h3-7,11,14,25H,1,8-10,12H2,2H3,(H,26,27)/t14-/m0/s1. The molecule has 8 heteroatoms. The first-order valence-corrected chi connectivity index (χ1v) is 10.6. The molecular formula is C23H22ClN5O2. The van der Waals surface area contributed by atoms with Crippen molar-refractivity contribution in [1.29, 1.82) is 0 Å². The van der Waals surface area contributed by atoms with E-state index in [0.29, 0.717) is 42.5 Å². The summed E-state index contributed by atoms with van der Waals surface area (Å²) >= 11 is 6.90. The third kappa shape index (κ3) is 3.08. The van der Waals surface area contributed by atoms with Crippen molar-refractivity contribution in [2.45, 2.75) is 13.0 Å². The van der Waals surface area contributed by atoms with Crippen molar-refractivity contribution in [2.75, 3.05) is 31.5 Å². The molecule has 2 amide bonds. The molecule has 31 heavy (non-hydrogen) atoms. The minimum atomic E-state index is -0.129. The highest BCUT2D eigenvalue weighted by Gasteiger charge is 2.36. The molecule has 5 rings (SSSR count). The molecule has 2 aromatic carbocycles. The van der Waals surface area contributed by atoms with E-state index in [4.69, 9.17) is 11.6 Å². The minimum absolute atomic E-state index is 0.0672. The number of H-pyrrole nitrogens is 1. The van der Waals surface area contributed by atoms with Crippen LogP contribution in [0.2, 0.25) is 5.02 Å². The predicted molar refractivity (Wildman–Crippen MR) is 121 cm³/mol. The van der Waals surface area contributed by atoms with Crippen molar-refractivity contribution >= 4 is 40.0 Å². The van der Waals surface area contributed by atoms with Gasteiger partial charge in [-0.15, -0.1) is 0 Å². The second kappa shape index (κ2) is 7.42. The molecule has 7 nitrogen and oxygen atoms in total. The van der Waals surface area contributed by atoms with Gasteiger partial charge >= 0.3 is 0 Å². The number of rotatable bonds is 2. The fraction of sp³-hybridized carbons (Fsp3) is 0.261. The smallest absolute Gasteiger partial charge is 0.256 e. The Kier molecular flexibility index (Phi) is 4.70. The van der Waals surface area contributed by atoms with Crippen molar-refractivity contribution in [1.82, 2.24) is 20.0 Å². The molecule has 1 fully saturated rings. The van der Waals surface area contributed by atoms with Gasteiger partial charge in [0.2, 0.25) is 5.91 Å². The first-order valence-electron chi connectivity index (χ1n) is 10.2.